The Labute approximate surface area is 87.5 Å². The molecule has 0 saturated heterocycles. The second-order valence-corrected chi connectivity index (χ2v) is 6.38. The molecule has 14 heavy (non-hydrogen) atoms. The van der Waals surface area contributed by atoms with Gasteiger partial charge in [-0.2, -0.15) is 0 Å². The van der Waals surface area contributed by atoms with Crippen molar-refractivity contribution >= 4 is 10.0 Å². The molecule has 0 spiro atoms. The van der Waals surface area contributed by atoms with Crippen LogP contribution < -0.4 is 5.73 Å². The van der Waals surface area contributed by atoms with E-state index < -0.39 is 10.0 Å². The first-order chi connectivity index (χ1) is 6.25. The fourth-order valence-electron chi connectivity index (χ4n) is 1.07. The zero-order chi connectivity index (χ0) is 11.4. The average molecular weight is 222 g/mol. The van der Waals surface area contributed by atoms with Gasteiger partial charge in [0.2, 0.25) is 10.0 Å². The molecule has 0 aliphatic carbocycles. The van der Waals surface area contributed by atoms with Gasteiger partial charge in [0.1, 0.15) is 0 Å². The van der Waals surface area contributed by atoms with Crippen molar-refractivity contribution in [2.75, 3.05) is 19.3 Å². The van der Waals surface area contributed by atoms with Gasteiger partial charge < -0.3 is 5.73 Å². The third-order valence-corrected chi connectivity index (χ3v) is 4.14. The van der Waals surface area contributed by atoms with E-state index in [0.717, 1.165) is 0 Å². The summed E-state index contributed by atoms with van der Waals surface area (Å²) >= 11 is 0. The summed E-state index contributed by atoms with van der Waals surface area (Å²) in [6.07, 6.45) is 0.702. The molecule has 0 aliphatic heterocycles. The summed E-state index contributed by atoms with van der Waals surface area (Å²) in [7, 11) is -1.47. The van der Waals surface area contributed by atoms with Crippen molar-refractivity contribution in [1.82, 2.24) is 4.31 Å². The van der Waals surface area contributed by atoms with Crippen LogP contribution in [-0.4, -0.2) is 38.1 Å². The molecule has 4 nitrogen and oxygen atoms in total. The van der Waals surface area contributed by atoms with E-state index in [2.05, 4.69) is 0 Å². The van der Waals surface area contributed by atoms with E-state index in [9.17, 15) is 8.42 Å². The van der Waals surface area contributed by atoms with Gasteiger partial charge in [-0.15, -0.1) is 0 Å². The van der Waals surface area contributed by atoms with Crippen molar-refractivity contribution < 1.29 is 8.42 Å². The quantitative estimate of drug-likeness (QED) is 0.717. The van der Waals surface area contributed by atoms with Crippen molar-refractivity contribution in [3.63, 3.8) is 0 Å². The maximum Gasteiger partial charge on any atom is 0.214 e. The number of nitrogens with zero attached hydrogens (tertiary/aromatic N) is 1. The van der Waals surface area contributed by atoms with E-state index in [1.807, 2.05) is 20.8 Å². The molecule has 0 aromatic rings. The molecule has 0 aromatic carbocycles. The second kappa shape index (κ2) is 5.68. The maximum atomic E-state index is 11.6. The molecular formula is C9H22N2O2S. The summed E-state index contributed by atoms with van der Waals surface area (Å²) in [5.74, 6) is 0.375. The minimum atomic E-state index is -3.08. The Balaban J connectivity index is 4.15. The molecule has 5 heteroatoms. The van der Waals surface area contributed by atoms with Crippen LogP contribution >= 0.6 is 0 Å². The van der Waals surface area contributed by atoms with Crippen LogP contribution in [0.15, 0.2) is 0 Å². The van der Waals surface area contributed by atoms with Gasteiger partial charge in [-0.1, -0.05) is 13.8 Å². The maximum absolute atomic E-state index is 11.6. The summed E-state index contributed by atoms with van der Waals surface area (Å²) in [5.41, 5.74) is 5.56. The van der Waals surface area contributed by atoms with Crippen molar-refractivity contribution in [1.29, 1.82) is 0 Å². The van der Waals surface area contributed by atoms with E-state index in [1.54, 1.807) is 7.05 Å². The SMILES string of the molecule is CC(C)CS(=O)(=O)N(C)CCC(C)N. The third kappa shape index (κ3) is 5.57. The van der Waals surface area contributed by atoms with Crippen molar-refractivity contribution in [2.24, 2.45) is 11.7 Å². The molecule has 0 bridgehead atoms. The molecule has 0 radical (unpaired) electrons. The van der Waals surface area contributed by atoms with Gasteiger partial charge in [0.15, 0.2) is 0 Å². The second-order valence-electron chi connectivity index (χ2n) is 4.26. The number of rotatable bonds is 6. The summed E-state index contributed by atoms with van der Waals surface area (Å²) in [6.45, 7) is 6.18. The molecule has 0 aromatic heterocycles. The fourth-order valence-corrected chi connectivity index (χ4v) is 2.55. The molecule has 86 valence electrons. The first-order valence-electron chi connectivity index (χ1n) is 4.95. The molecule has 0 aliphatic rings. The Hall–Kier alpha value is -0.130. The number of sulfonamides is 1. The van der Waals surface area contributed by atoms with E-state index in [0.29, 0.717) is 13.0 Å². The molecule has 0 fully saturated rings. The molecule has 0 heterocycles. The smallest absolute Gasteiger partial charge is 0.214 e. The molecule has 1 unspecified atom stereocenters. The highest BCUT2D eigenvalue weighted by Crippen LogP contribution is 2.05. The van der Waals surface area contributed by atoms with E-state index in [4.69, 9.17) is 5.73 Å². The first kappa shape index (κ1) is 13.9. The van der Waals surface area contributed by atoms with Crippen LogP contribution in [0.5, 0.6) is 0 Å². The highest BCUT2D eigenvalue weighted by atomic mass is 32.2. The molecule has 0 rings (SSSR count). The fraction of sp³-hybridized carbons (Fsp3) is 1.00. The summed E-state index contributed by atoms with van der Waals surface area (Å²) in [4.78, 5) is 0. The highest BCUT2D eigenvalue weighted by molar-refractivity contribution is 7.89. The van der Waals surface area contributed by atoms with E-state index >= 15 is 0 Å². The lowest BCUT2D eigenvalue weighted by molar-refractivity contribution is 0.441. The predicted octanol–water partition coefficient (Wildman–Crippen LogP) is 0.641. The van der Waals surface area contributed by atoms with E-state index in [1.165, 1.54) is 4.31 Å². The van der Waals surface area contributed by atoms with Crippen molar-refractivity contribution in [2.45, 2.75) is 33.2 Å². The van der Waals surface area contributed by atoms with Gasteiger partial charge in [-0.25, -0.2) is 12.7 Å². The monoisotopic (exact) mass is 222 g/mol. The van der Waals surface area contributed by atoms with Gasteiger partial charge >= 0.3 is 0 Å². The van der Waals surface area contributed by atoms with Gasteiger partial charge in [0, 0.05) is 19.6 Å². The lowest BCUT2D eigenvalue weighted by atomic mass is 10.2. The zero-order valence-electron chi connectivity index (χ0n) is 9.53. The minimum absolute atomic E-state index is 0.0479. The topological polar surface area (TPSA) is 63.4 Å². The molecule has 2 N–H and O–H groups in total. The number of hydrogen-bond donors (Lipinski definition) is 1. The van der Waals surface area contributed by atoms with Crippen molar-refractivity contribution in [3.8, 4) is 0 Å². The highest BCUT2D eigenvalue weighted by Gasteiger charge is 2.18. The van der Waals surface area contributed by atoms with Crippen molar-refractivity contribution in [3.05, 3.63) is 0 Å². The zero-order valence-corrected chi connectivity index (χ0v) is 10.3. The van der Waals surface area contributed by atoms with Crippen LogP contribution in [0, 0.1) is 5.92 Å². The Bertz CT molecular complexity index is 248. The Kier molecular flexibility index (Phi) is 5.63. The van der Waals surface area contributed by atoms with Gasteiger partial charge in [-0.3, -0.25) is 0 Å². The normalized spacial score (nSPS) is 15.1. The van der Waals surface area contributed by atoms with Crippen LogP contribution in [0.4, 0.5) is 0 Å². The lowest BCUT2D eigenvalue weighted by Gasteiger charge is -2.19. The minimum Gasteiger partial charge on any atom is -0.328 e. The standard InChI is InChI=1S/C9H22N2O2S/c1-8(2)7-14(12,13)11(4)6-5-9(3)10/h8-9H,5-7,10H2,1-4H3. The van der Waals surface area contributed by atoms with Gasteiger partial charge in [0.05, 0.1) is 5.75 Å². The van der Waals surface area contributed by atoms with Crippen LogP contribution in [0.3, 0.4) is 0 Å². The Morgan fingerprint density at radius 1 is 1.29 bits per heavy atom. The predicted molar refractivity (Wildman–Crippen MR) is 59.5 cm³/mol. The van der Waals surface area contributed by atoms with E-state index in [-0.39, 0.29) is 17.7 Å². The largest absolute Gasteiger partial charge is 0.328 e. The van der Waals surface area contributed by atoms with Crippen LogP contribution in [0.25, 0.3) is 0 Å². The number of nitrogens with two attached hydrogens (primary N) is 1. The lowest BCUT2D eigenvalue weighted by Crippen LogP contribution is -2.34. The number of hydrogen-bond acceptors (Lipinski definition) is 3. The first-order valence-corrected chi connectivity index (χ1v) is 6.56. The Morgan fingerprint density at radius 2 is 1.79 bits per heavy atom. The summed E-state index contributed by atoms with van der Waals surface area (Å²) in [5, 5.41) is 0. The summed E-state index contributed by atoms with van der Waals surface area (Å²) < 4.78 is 24.7. The van der Waals surface area contributed by atoms with Gasteiger partial charge in [-0.05, 0) is 19.3 Å². The average Bonchev–Trinajstić information content (AvgIpc) is 1.97. The van der Waals surface area contributed by atoms with Crippen LogP contribution in [0.1, 0.15) is 27.2 Å². The van der Waals surface area contributed by atoms with Gasteiger partial charge in [0.25, 0.3) is 0 Å². The molecule has 1 atom stereocenters. The third-order valence-electron chi connectivity index (χ3n) is 1.92. The summed E-state index contributed by atoms with van der Waals surface area (Å²) in [6, 6.07) is 0.0479. The molecule has 0 saturated carbocycles. The Morgan fingerprint density at radius 3 is 2.14 bits per heavy atom. The molecular weight excluding hydrogens is 200 g/mol. The van der Waals surface area contributed by atoms with Crippen LogP contribution in [0.2, 0.25) is 0 Å². The molecule has 0 amide bonds. The van der Waals surface area contributed by atoms with Crippen LogP contribution in [-0.2, 0) is 10.0 Å².